The third-order valence-electron chi connectivity index (χ3n) is 14.8. The summed E-state index contributed by atoms with van der Waals surface area (Å²) in [6, 6.07) is 0.0590. The van der Waals surface area contributed by atoms with Gasteiger partial charge < -0.3 is 40.2 Å². The number of fused-ring (bicyclic) bond motifs is 4. The number of alkyl carbamates (subject to hydrolysis) is 1. The molecule has 250 valence electrons. The molecule has 2 spiro atoms. The number of rotatable bonds is 6. The Morgan fingerprint density at radius 1 is 1.09 bits per heavy atom. The topological polar surface area (TPSA) is 132 Å². The predicted molar refractivity (Wildman–Crippen MR) is 165 cm³/mol. The maximum atomic E-state index is 12.8. The average molecular weight is 619 g/mol. The number of carbonyl (C=O) groups excluding carboxylic acids is 1. The van der Waals surface area contributed by atoms with Crippen LogP contribution in [-0.2, 0) is 18.9 Å². The minimum atomic E-state index is -1.06. The van der Waals surface area contributed by atoms with Gasteiger partial charge in [0.05, 0.1) is 48.7 Å². The van der Waals surface area contributed by atoms with Gasteiger partial charge in [-0.2, -0.15) is 0 Å². The number of nitrogens with one attached hydrogen (secondary N) is 1. The molecule has 2 aliphatic heterocycles. The number of carbonyl (C=O) groups is 1. The van der Waals surface area contributed by atoms with Gasteiger partial charge in [0.1, 0.15) is 12.2 Å². The normalized spacial score (nSPS) is 51.4. The lowest BCUT2D eigenvalue weighted by Crippen LogP contribution is -2.70. The molecule has 0 aromatic heterocycles. The summed E-state index contributed by atoms with van der Waals surface area (Å²) in [4.78, 5) is 12.8. The maximum absolute atomic E-state index is 12.8. The highest BCUT2D eigenvalue weighted by molar-refractivity contribution is 5.68. The van der Waals surface area contributed by atoms with E-state index in [1.165, 1.54) is 6.42 Å². The minimum absolute atomic E-state index is 0.0590. The first-order valence-electron chi connectivity index (χ1n) is 17.6. The molecule has 5 N–H and O–H groups in total. The number of amides is 1. The molecule has 2 saturated heterocycles. The van der Waals surface area contributed by atoms with Gasteiger partial charge in [-0.3, -0.25) is 0 Å². The predicted octanol–water partition coefficient (Wildman–Crippen LogP) is 4.16. The zero-order valence-electron chi connectivity index (χ0n) is 28.1. The van der Waals surface area contributed by atoms with Crippen LogP contribution in [0.15, 0.2) is 0 Å². The van der Waals surface area contributed by atoms with Crippen molar-refractivity contribution in [1.29, 1.82) is 0 Å². The molecule has 5 aliphatic carbocycles. The van der Waals surface area contributed by atoms with Crippen LogP contribution in [0.2, 0.25) is 0 Å². The molecule has 7 fully saturated rings. The van der Waals surface area contributed by atoms with Crippen LogP contribution in [0.5, 0.6) is 0 Å². The zero-order valence-corrected chi connectivity index (χ0v) is 28.1. The molecule has 0 bridgehead atoms. The van der Waals surface area contributed by atoms with E-state index in [0.717, 1.165) is 44.9 Å². The summed E-state index contributed by atoms with van der Waals surface area (Å²) in [6.07, 6.45) is 5.70. The van der Waals surface area contributed by atoms with Crippen molar-refractivity contribution < 1.29 is 34.0 Å². The molecule has 0 aromatic rings. The van der Waals surface area contributed by atoms with Crippen molar-refractivity contribution in [3.63, 3.8) is 0 Å². The van der Waals surface area contributed by atoms with E-state index in [0.29, 0.717) is 25.7 Å². The van der Waals surface area contributed by atoms with Crippen LogP contribution in [-0.4, -0.2) is 83.8 Å². The highest BCUT2D eigenvalue weighted by Gasteiger charge is 2.85. The molecule has 5 saturated carbocycles. The maximum Gasteiger partial charge on any atom is 0.407 e. The SMILES string of the molecule is CCO[C@@H]([C@H]1C[C@@H](C)[C@H]2[C@H](O1)[C@H](O)[C@@]1(N)[C@@H]3CC[C@H]4C(C)(C)[C@@H](OC(=O)NC5COC5)CC[C@@]45C[C@@]35CC[C@]21C)C(C)(C)O. The van der Waals surface area contributed by atoms with Crippen molar-refractivity contribution in [3.8, 4) is 0 Å². The van der Waals surface area contributed by atoms with Crippen LogP contribution >= 0.6 is 0 Å². The van der Waals surface area contributed by atoms with Crippen LogP contribution in [0, 0.1) is 45.3 Å². The van der Waals surface area contributed by atoms with E-state index >= 15 is 0 Å². The Bertz CT molecular complexity index is 1150. The van der Waals surface area contributed by atoms with Gasteiger partial charge in [-0.15, -0.1) is 0 Å². The van der Waals surface area contributed by atoms with Gasteiger partial charge in [-0.1, -0.05) is 27.7 Å². The zero-order chi connectivity index (χ0) is 31.7. The second-order valence-corrected chi connectivity index (χ2v) is 17.5. The van der Waals surface area contributed by atoms with Crippen molar-refractivity contribution in [2.45, 2.75) is 148 Å². The van der Waals surface area contributed by atoms with E-state index in [9.17, 15) is 15.0 Å². The van der Waals surface area contributed by atoms with E-state index in [1.807, 2.05) is 6.92 Å². The third-order valence-corrected chi connectivity index (χ3v) is 14.8. The Hall–Kier alpha value is -0.970. The average Bonchev–Trinajstić information content (AvgIpc) is 3.55. The summed E-state index contributed by atoms with van der Waals surface area (Å²) >= 11 is 0. The van der Waals surface area contributed by atoms with Crippen molar-refractivity contribution >= 4 is 6.09 Å². The molecular weight excluding hydrogens is 560 g/mol. The fourth-order valence-corrected chi connectivity index (χ4v) is 12.9. The van der Waals surface area contributed by atoms with Gasteiger partial charge in [0.15, 0.2) is 0 Å². The fraction of sp³-hybridized carbons (Fsp3) is 0.971. The summed E-state index contributed by atoms with van der Waals surface area (Å²) in [6.45, 7) is 16.4. The third kappa shape index (κ3) is 4.01. The summed E-state index contributed by atoms with van der Waals surface area (Å²) in [5.41, 5.74) is 5.88. The van der Waals surface area contributed by atoms with Crippen LogP contribution in [0.1, 0.15) is 99.8 Å². The first kappa shape index (κ1) is 31.6. The van der Waals surface area contributed by atoms with Crippen LogP contribution in [0.3, 0.4) is 0 Å². The van der Waals surface area contributed by atoms with Crippen LogP contribution < -0.4 is 11.1 Å². The number of ether oxygens (including phenoxy) is 4. The first-order valence-corrected chi connectivity index (χ1v) is 17.6. The number of hydrogen-bond acceptors (Lipinski definition) is 8. The van der Waals surface area contributed by atoms with E-state index in [4.69, 9.17) is 24.7 Å². The summed E-state index contributed by atoms with van der Waals surface area (Å²) in [5, 5.41) is 26.3. The highest BCUT2D eigenvalue weighted by Crippen LogP contribution is 2.87. The Balaban J connectivity index is 1.14. The first-order chi connectivity index (χ1) is 20.6. The summed E-state index contributed by atoms with van der Waals surface area (Å²) in [5.74, 6) is 1.13. The van der Waals surface area contributed by atoms with Gasteiger partial charge in [-0.25, -0.2) is 4.79 Å². The van der Waals surface area contributed by atoms with E-state index in [-0.39, 0.29) is 69.9 Å². The Kier molecular flexibility index (Phi) is 7.20. The summed E-state index contributed by atoms with van der Waals surface area (Å²) < 4.78 is 24.2. The van der Waals surface area contributed by atoms with Gasteiger partial charge in [-0.05, 0) is 112 Å². The molecule has 0 unspecified atom stereocenters. The molecule has 9 heteroatoms. The lowest BCUT2D eigenvalue weighted by atomic mass is 9.43. The largest absolute Gasteiger partial charge is 0.446 e. The molecule has 13 atom stereocenters. The lowest BCUT2D eigenvalue weighted by molar-refractivity contribution is -0.214. The second kappa shape index (κ2) is 10.0. The minimum Gasteiger partial charge on any atom is -0.446 e. The Morgan fingerprint density at radius 3 is 2.41 bits per heavy atom. The van der Waals surface area contributed by atoms with Gasteiger partial charge in [0.25, 0.3) is 0 Å². The molecular formula is C35H58N2O7. The van der Waals surface area contributed by atoms with Crippen molar-refractivity contribution in [1.82, 2.24) is 5.32 Å². The molecule has 1 amide bonds. The van der Waals surface area contributed by atoms with Crippen LogP contribution in [0.4, 0.5) is 4.79 Å². The Labute approximate surface area is 263 Å². The standard InChI is InChI=1S/C35H58N2O7/c1-8-42-28(31(5,6)40)21-15-19(2)25-26(43-21)27(38)35(36)23-10-9-22-30(3,4)24(44-29(39)37-20-16-41-17-20)11-12-33(22)18-34(23,33)14-13-32(25,35)7/h19-28,38,40H,8-18,36H2,1-7H3,(H,37,39)/t19-,21-,22+,23-,24+,25+,26+,27+,28+,32-,33-,34+,35+/m1/s1. The number of aliphatic hydroxyl groups is 2. The molecule has 7 aliphatic rings. The molecule has 9 nitrogen and oxygen atoms in total. The molecule has 7 rings (SSSR count). The quantitative estimate of drug-likeness (QED) is 0.349. The number of nitrogens with two attached hydrogens (primary N) is 1. The molecule has 44 heavy (non-hydrogen) atoms. The number of aliphatic hydroxyl groups excluding tert-OH is 1. The van der Waals surface area contributed by atoms with Gasteiger partial charge in [0, 0.05) is 12.0 Å². The lowest BCUT2D eigenvalue weighted by Gasteiger charge is -2.63. The summed E-state index contributed by atoms with van der Waals surface area (Å²) in [7, 11) is 0. The number of hydrogen-bond donors (Lipinski definition) is 4. The monoisotopic (exact) mass is 618 g/mol. The second-order valence-electron chi connectivity index (χ2n) is 17.5. The van der Waals surface area contributed by atoms with E-state index in [2.05, 4.69) is 33.0 Å². The van der Waals surface area contributed by atoms with Crippen LogP contribution in [0.25, 0.3) is 0 Å². The van der Waals surface area contributed by atoms with Gasteiger partial charge >= 0.3 is 6.09 Å². The van der Waals surface area contributed by atoms with Gasteiger partial charge in [0.2, 0.25) is 0 Å². The van der Waals surface area contributed by atoms with Crippen molar-refractivity contribution in [2.24, 2.45) is 51.1 Å². The molecule has 2 heterocycles. The molecule has 0 aromatic carbocycles. The van der Waals surface area contributed by atoms with E-state index < -0.39 is 23.3 Å². The fourth-order valence-electron chi connectivity index (χ4n) is 12.9. The van der Waals surface area contributed by atoms with E-state index in [1.54, 1.807) is 13.8 Å². The smallest absolute Gasteiger partial charge is 0.407 e. The Morgan fingerprint density at radius 2 is 1.77 bits per heavy atom. The molecule has 0 radical (unpaired) electrons. The van der Waals surface area contributed by atoms with Crippen molar-refractivity contribution in [3.05, 3.63) is 0 Å². The van der Waals surface area contributed by atoms with Crippen molar-refractivity contribution in [2.75, 3.05) is 19.8 Å². The highest BCUT2D eigenvalue weighted by atomic mass is 16.6.